The Kier molecular flexibility index (Phi) is 6.54. The third kappa shape index (κ3) is 5.35. The standard InChI is InChI=1S/C23H30N4O4/c1-16-12-22(2,3)15-23(13-16)20(29)27(21(30)26-23)14-19(28)25-17-7-6-8-18(11-17)31-10-5-4-9-24/h6-8,11,16H,4-5,10,12-15H2,1-3H3,(H,25,28)(H,26,30). The van der Waals surface area contributed by atoms with Gasteiger partial charge < -0.3 is 15.4 Å². The Balaban J connectivity index is 1.61. The SMILES string of the molecule is CC1CC(C)(C)CC2(C1)NC(=O)N(CC(=O)Nc1cccc(OCCCC#N)c1)C2=O. The van der Waals surface area contributed by atoms with Crippen molar-refractivity contribution in [3.63, 3.8) is 0 Å². The van der Waals surface area contributed by atoms with Gasteiger partial charge in [-0.05, 0) is 49.1 Å². The minimum atomic E-state index is -0.921. The molecule has 1 saturated carbocycles. The van der Waals surface area contributed by atoms with Gasteiger partial charge in [0.05, 0.1) is 12.7 Å². The highest BCUT2D eigenvalue weighted by Crippen LogP contribution is 2.46. The second kappa shape index (κ2) is 8.96. The third-order valence-electron chi connectivity index (χ3n) is 5.75. The van der Waals surface area contributed by atoms with E-state index in [9.17, 15) is 14.4 Å². The second-order valence-corrected chi connectivity index (χ2v) is 9.44. The predicted octanol–water partition coefficient (Wildman–Crippen LogP) is 3.44. The molecule has 3 rings (SSSR count). The average Bonchev–Trinajstić information content (AvgIpc) is 2.87. The third-order valence-corrected chi connectivity index (χ3v) is 5.75. The number of nitrogens with zero attached hydrogens (tertiary/aromatic N) is 2. The van der Waals surface area contributed by atoms with Gasteiger partial charge >= 0.3 is 6.03 Å². The molecule has 2 unspecified atom stereocenters. The Morgan fingerprint density at radius 3 is 2.84 bits per heavy atom. The number of carbonyl (C=O) groups is 3. The molecule has 1 aliphatic heterocycles. The lowest BCUT2D eigenvalue weighted by Crippen LogP contribution is -2.54. The Bertz CT molecular complexity index is 907. The van der Waals surface area contributed by atoms with Crippen molar-refractivity contribution in [1.29, 1.82) is 5.26 Å². The number of rotatable bonds is 7. The number of urea groups is 1. The maximum atomic E-state index is 13.2. The number of amides is 4. The lowest BCUT2D eigenvalue weighted by molar-refractivity contribution is -0.136. The summed E-state index contributed by atoms with van der Waals surface area (Å²) in [4.78, 5) is 39.3. The molecule has 8 heteroatoms. The summed E-state index contributed by atoms with van der Waals surface area (Å²) in [5.74, 6) is 0.105. The van der Waals surface area contributed by atoms with Crippen LogP contribution in [0.25, 0.3) is 0 Å². The lowest BCUT2D eigenvalue weighted by atomic mass is 9.64. The zero-order valence-corrected chi connectivity index (χ0v) is 18.4. The highest BCUT2D eigenvalue weighted by Gasteiger charge is 2.56. The van der Waals surface area contributed by atoms with Crippen LogP contribution in [0.1, 0.15) is 52.9 Å². The first-order valence-electron chi connectivity index (χ1n) is 10.7. The lowest BCUT2D eigenvalue weighted by Gasteiger charge is -2.43. The van der Waals surface area contributed by atoms with E-state index in [1.807, 2.05) is 0 Å². The zero-order valence-electron chi connectivity index (χ0n) is 18.4. The van der Waals surface area contributed by atoms with Gasteiger partial charge in [0.1, 0.15) is 17.8 Å². The van der Waals surface area contributed by atoms with E-state index < -0.39 is 17.5 Å². The molecule has 1 spiro atoms. The molecule has 1 aliphatic carbocycles. The summed E-state index contributed by atoms with van der Waals surface area (Å²) < 4.78 is 5.57. The number of anilines is 1. The monoisotopic (exact) mass is 426 g/mol. The normalized spacial score (nSPS) is 24.6. The Morgan fingerprint density at radius 1 is 1.35 bits per heavy atom. The van der Waals surface area contributed by atoms with Gasteiger partial charge in [-0.25, -0.2) is 4.79 Å². The van der Waals surface area contributed by atoms with E-state index in [1.54, 1.807) is 24.3 Å². The molecule has 31 heavy (non-hydrogen) atoms. The fourth-order valence-corrected chi connectivity index (χ4v) is 5.00. The van der Waals surface area contributed by atoms with Crippen LogP contribution in [0.5, 0.6) is 5.75 Å². The number of nitriles is 1. The van der Waals surface area contributed by atoms with Crippen LogP contribution in [0, 0.1) is 22.7 Å². The van der Waals surface area contributed by atoms with Crippen molar-refractivity contribution in [2.75, 3.05) is 18.5 Å². The summed E-state index contributed by atoms with van der Waals surface area (Å²) >= 11 is 0. The Hall–Kier alpha value is -3.08. The number of ether oxygens (including phenoxy) is 1. The van der Waals surface area contributed by atoms with E-state index in [0.29, 0.717) is 49.6 Å². The quantitative estimate of drug-likeness (QED) is 0.512. The number of nitrogens with one attached hydrogen (secondary N) is 2. The number of carbonyl (C=O) groups excluding carboxylic acids is 3. The molecule has 2 atom stereocenters. The highest BCUT2D eigenvalue weighted by atomic mass is 16.5. The van der Waals surface area contributed by atoms with Crippen LogP contribution in [0.3, 0.4) is 0 Å². The average molecular weight is 427 g/mol. The highest BCUT2D eigenvalue weighted by molar-refractivity contribution is 6.10. The Morgan fingerprint density at radius 2 is 2.13 bits per heavy atom. The minimum absolute atomic E-state index is 0.0629. The summed E-state index contributed by atoms with van der Waals surface area (Å²) in [6.07, 6.45) is 3.19. The molecule has 1 saturated heterocycles. The van der Waals surface area contributed by atoms with Gasteiger partial charge in [-0.2, -0.15) is 5.26 Å². The van der Waals surface area contributed by atoms with Crippen LogP contribution in [0.15, 0.2) is 24.3 Å². The molecule has 2 aliphatic rings. The van der Waals surface area contributed by atoms with E-state index in [4.69, 9.17) is 10.00 Å². The smallest absolute Gasteiger partial charge is 0.325 e. The summed E-state index contributed by atoms with van der Waals surface area (Å²) in [5, 5.41) is 14.2. The molecule has 166 valence electrons. The largest absolute Gasteiger partial charge is 0.493 e. The van der Waals surface area contributed by atoms with E-state index in [1.165, 1.54) is 0 Å². The first-order chi connectivity index (χ1) is 14.6. The van der Waals surface area contributed by atoms with Crippen molar-refractivity contribution in [1.82, 2.24) is 10.2 Å². The molecule has 0 bridgehead atoms. The van der Waals surface area contributed by atoms with Crippen LogP contribution in [0.4, 0.5) is 10.5 Å². The first kappa shape index (κ1) is 22.6. The maximum Gasteiger partial charge on any atom is 0.325 e. The topological polar surface area (TPSA) is 112 Å². The van der Waals surface area contributed by atoms with Crippen LogP contribution in [0.2, 0.25) is 0 Å². The fourth-order valence-electron chi connectivity index (χ4n) is 5.00. The molecular weight excluding hydrogens is 396 g/mol. The summed E-state index contributed by atoms with van der Waals surface area (Å²) in [6, 6.07) is 8.42. The van der Waals surface area contributed by atoms with Crippen LogP contribution < -0.4 is 15.4 Å². The van der Waals surface area contributed by atoms with Gasteiger partial charge in [0, 0.05) is 18.2 Å². The molecule has 2 N–H and O–H groups in total. The molecule has 0 aromatic heterocycles. The number of benzene rings is 1. The van der Waals surface area contributed by atoms with E-state index in [0.717, 1.165) is 11.3 Å². The van der Waals surface area contributed by atoms with Crippen molar-refractivity contribution in [2.24, 2.45) is 11.3 Å². The minimum Gasteiger partial charge on any atom is -0.493 e. The number of hydrogen-bond donors (Lipinski definition) is 2. The summed E-state index contributed by atoms with van der Waals surface area (Å²) in [6.45, 7) is 6.37. The van der Waals surface area contributed by atoms with Gasteiger partial charge in [-0.3, -0.25) is 14.5 Å². The van der Waals surface area contributed by atoms with Crippen molar-refractivity contribution >= 4 is 23.5 Å². The first-order valence-corrected chi connectivity index (χ1v) is 10.7. The van der Waals surface area contributed by atoms with Crippen molar-refractivity contribution in [3.8, 4) is 11.8 Å². The molecule has 1 heterocycles. The second-order valence-electron chi connectivity index (χ2n) is 9.44. The molecule has 1 aromatic carbocycles. The van der Waals surface area contributed by atoms with Gasteiger partial charge in [-0.15, -0.1) is 0 Å². The number of unbranched alkanes of at least 4 members (excludes halogenated alkanes) is 1. The van der Waals surface area contributed by atoms with Crippen molar-refractivity contribution in [2.45, 2.75) is 58.4 Å². The Labute approximate surface area is 182 Å². The predicted molar refractivity (Wildman–Crippen MR) is 115 cm³/mol. The van der Waals surface area contributed by atoms with Gasteiger partial charge in [-0.1, -0.05) is 26.8 Å². The molecule has 0 radical (unpaired) electrons. The molecular formula is C23H30N4O4. The van der Waals surface area contributed by atoms with Gasteiger partial charge in [0.15, 0.2) is 0 Å². The molecule has 1 aromatic rings. The summed E-state index contributed by atoms with van der Waals surface area (Å²) in [5.41, 5.74) is -0.473. The van der Waals surface area contributed by atoms with Crippen LogP contribution >= 0.6 is 0 Å². The molecule has 2 fully saturated rings. The fraction of sp³-hybridized carbons (Fsp3) is 0.565. The van der Waals surface area contributed by atoms with Crippen LogP contribution in [-0.2, 0) is 9.59 Å². The van der Waals surface area contributed by atoms with E-state index in [-0.39, 0.29) is 17.9 Å². The van der Waals surface area contributed by atoms with Gasteiger partial charge in [0.2, 0.25) is 5.91 Å². The summed E-state index contributed by atoms with van der Waals surface area (Å²) in [7, 11) is 0. The number of imide groups is 1. The molecule has 8 nitrogen and oxygen atoms in total. The van der Waals surface area contributed by atoms with Crippen molar-refractivity contribution in [3.05, 3.63) is 24.3 Å². The van der Waals surface area contributed by atoms with Gasteiger partial charge in [0.25, 0.3) is 5.91 Å². The van der Waals surface area contributed by atoms with Crippen LogP contribution in [-0.4, -0.2) is 41.4 Å². The zero-order chi connectivity index (χ0) is 22.6. The maximum absolute atomic E-state index is 13.2. The van der Waals surface area contributed by atoms with Crippen molar-refractivity contribution < 1.29 is 19.1 Å². The number of hydrogen-bond acceptors (Lipinski definition) is 5. The van der Waals surface area contributed by atoms with E-state index >= 15 is 0 Å². The molecule has 4 amide bonds. The van der Waals surface area contributed by atoms with E-state index in [2.05, 4.69) is 37.5 Å².